The Kier molecular flexibility index (Phi) is 3.04. The van der Waals surface area contributed by atoms with E-state index in [9.17, 15) is 4.79 Å². The highest BCUT2D eigenvalue weighted by Crippen LogP contribution is 2.29. The van der Waals surface area contributed by atoms with Crippen LogP contribution in [-0.4, -0.2) is 20.5 Å². The number of benzene rings is 1. The predicted molar refractivity (Wildman–Crippen MR) is 61.8 cm³/mol. The number of rotatable bonds is 2. The fraction of sp³-hybridized carbons (Fsp3) is 0.125. The number of fused-ring (bicyclic) bond motifs is 1. The van der Waals surface area contributed by atoms with Gasteiger partial charge in [0.05, 0.1) is 22.4 Å². The van der Waals surface area contributed by atoms with Crippen molar-refractivity contribution < 1.29 is 4.79 Å². The van der Waals surface area contributed by atoms with E-state index in [1.807, 2.05) is 0 Å². The van der Waals surface area contributed by atoms with Crippen molar-refractivity contribution in [3.63, 3.8) is 0 Å². The molecule has 78 valence electrons. The van der Waals surface area contributed by atoms with Crippen LogP contribution >= 0.6 is 34.9 Å². The number of amides is 1. The monoisotopic (exact) mass is 261 g/mol. The smallest absolute Gasteiger partial charge is 0.239 e. The van der Waals surface area contributed by atoms with Crippen molar-refractivity contribution in [2.75, 3.05) is 11.2 Å². The molecule has 0 aliphatic rings. The highest BCUT2D eigenvalue weighted by molar-refractivity contribution is 7.00. The van der Waals surface area contributed by atoms with Crippen molar-refractivity contribution in [1.29, 1.82) is 0 Å². The minimum Gasteiger partial charge on any atom is -0.322 e. The van der Waals surface area contributed by atoms with Crippen molar-refractivity contribution >= 4 is 57.6 Å². The molecule has 0 saturated heterocycles. The predicted octanol–water partition coefficient (Wildman–Crippen LogP) is 2.52. The second kappa shape index (κ2) is 4.30. The van der Waals surface area contributed by atoms with Gasteiger partial charge >= 0.3 is 0 Å². The van der Waals surface area contributed by atoms with Crippen LogP contribution in [0.3, 0.4) is 0 Å². The summed E-state index contributed by atoms with van der Waals surface area (Å²) in [7, 11) is 0. The number of aromatic nitrogens is 2. The highest BCUT2D eigenvalue weighted by Gasteiger charge is 2.11. The summed E-state index contributed by atoms with van der Waals surface area (Å²) in [6, 6.07) is 3.41. The van der Waals surface area contributed by atoms with Crippen molar-refractivity contribution in [3.05, 3.63) is 17.2 Å². The number of nitrogens with one attached hydrogen (secondary N) is 1. The Morgan fingerprint density at radius 2 is 2.27 bits per heavy atom. The largest absolute Gasteiger partial charge is 0.322 e. The normalized spacial score (nSPS) is 10.5. The van der Waals surface area contributed by atoms with Gasteiger partial charge in [-0.1, -0.05) is 11.6 Å². The van der Waals surface area contributed by atoms with Gasteiger partial charge in [-0.05, 0) is 12.1 Å². The van der Waals surface area contributed by atoms with Crippen molar-refractivity contribution in [1.82, 2.24) is 8.75 Å². The van der Waals surface area contributed by atoms with Crippen LogP contribution in [0.5, 0.6) is 0 Å². The summed E-state index contributed by atoms with van der Waals surface area (Å²) < 4.78 is 8.10. The fourth-order valence-corrected chi connectivity index (χ4v) is 1.93. The van der Waals surface area contributed by atoms with Crippen LogP contribution in [0.1, 0.15) is 0 Å². The van der Waals surface area contributed by atoms with Crippen molar-refractivity contribution in [3.8, 4) is 0 Å². The van der Waals surface area contributed by atoms with Gasteiger partial charge in [-0.15, -0.1) is 11.6 Å². The number of carbonyl (C=O) groups is 1. The molecule has 7 heteroatoms. The van der Waals surface area contributed by atoms with E-state index in [1.165, 1.54) is 0 Å². The second-order valence-electron chi connectivity index (χ2n) is 2.74. The molecule has 0 radical (unpaired) electrons. The lowest BCUT2D eigenvalue weighted by Gasteiger charge is -2.05. The Bertz CT molecular complexity index is 514. The molecule has 0 aliphatic carbocycles. The fourth-order valence-electron chi connectivity index (χ4n) is 1.12. The zero-order chi connectivity index (χ0) is 10.8. The molecule has 0 fully saturated rings. The molecule has 0 bridgehead atoms. The molecule has 1 amide bonds. The number of halogens is 2. The van der Waals surface area contributed by atoms with Gasteiger partial charge in [0.1, 0.15) is 16.9 Å². The Balaban J connectivity index is 2.51. The number of hydrogen-bond acceptors (Lipinski definition) is 4. The summed E-state index contributed by atoms with van der Waals surface area (Å²) in [5, 5.41) is 3.02. The number of nitrogens with zero attached hydrogens (tertiary/aromatic N) is 2. The van der Waals surface area contributed by atoms with Crippen LogP contribution in [0, 0.1) is 0 Å². The van der Waals surface area contributed by atoms with E-state index in [1.54, 1.807) is 12.1 Å². The molecule has 2 rings (SSSR count). The molecule has 0 aliphatic heterocycles. The first kappa shape index (κ1) is 10.6. The topological polar surface area (TPSA) is 54.9 Å². The van der Waals surface area contributed by atoms with E-state index in [4.69, 9.17) is 23.2 Å². The molecule has 15 heavy (non-hydrogen) atoms. The molecule has 1 heterocycles. The number of alkyl halides is 1. The lowest BCUT2D eigenvalue weighted by molar-refractivity contribution is -0.113. The van der Waals surface area contributed by atoms with Gasteiger partial charge < -0.3 is 5.32 Å². The van der Waals surface area contributed by atoms with Gasteiger partial charge in [-0.25, -0.2) is 0 Å². The van der Waals surface area contributed by atoms with Gasteiger partial charge in [0, 0.05) is 0 Å². The lowest BCUT2D eigenvalue weighted by atomic mass is 10.2. The molecule has 0 atom stereocenters. The standard InChI is InChI=1S/C8H5Cl2N3OS/c9-3-6(14)11-7-4(10)1-2-5-8(7)13-15-12-5/h1-2H,3H2,(H,11,14). The Morgan fingerprint density at radius 3 is 3.00 bits per heavy atom. The maximum absolute atomic E-state index is 11.2. The van der Waals surface area contributed by atoms with E-state index in [2.05, 4.69) is 14.1 Å². The highest BCUT2D eigenvalue weighted by atomic mass is 35.5. The average Bonchev–Trinajstić information content (AvgIpc) is 2.70. The Labute approximate surface area is 99.5 Å². The summed E-state index contributed by atoms with van der Waals surface area (Å²) in [6.45, 7) is 0. The molecular formula is C8H5Cl2N3OS. The third-order valence-corrected chi connectivity index (χ3v) is 2.86. The summed E-state index contributed by atoms with van der Waals surface area (Å²) >= 11 is 12.4. The summed E-state index contributed by atoms with van der Waals surface area (Å²) in [6.07, 6.45) is 0. The molecule has 1 aromatic carbocycles. The molecule has 0 unspecified atom stereocenters. The molecule has 2 aromatic rings. The SMILES string of the molecule is O=C(CCl)Nc1c(Cl)ccc2nsnc12. The molecular weight excluding hydrogens is 257 g/mol. The van der Waals surface area contributed by atoms with Gasteiger partial charge in [-0.2, -0.15) is 8.75 Å². The van der Waals surface area contributed by atoms with Gasteiger partial charge in [0.15, 0.2) is 0 Å². The number of anilines is 1. The van der Waals surface area contributed by atoms with E-state index < -0.39 is 0 Å². The average molecular weight is 262 g/mol. The van der Waals surface area contributed by atoms with Crippen LogP contribution in [0.4, 0.5) is 5.69 Å². The van der Waals surface area contributed by atoms with Gasteiger partial charge in [-0.3, -0.25) is 4.79 Å². The van der Waals surface area contributed by atoms with Crippen LogP contribution < -0.4 is 5.32 Å². The first-order valence-electron chi connectivity index (χ1n) is 3.99. The zero-order valence-corrected chi connectivity index (χ0v) is 9.66. The summed E-state index contributed by atoms with van der Waals surface area (Å²) in [5.41, 5.74) is 1.76. The third-order valence-electron chi connectivity index (χ3n) is 1.76. The number of hydrogen-bond donors (Lipinski definition) is 1. The second-order valence-corrected chi connectivity index (χ2v) is 3.94. The minimum atomic E-state index is -0.320. The molecule has 4 nitrogen and oxygen atoms in total. The van der Waals surface area contributed by atoms with E-state index in [-0.39, 0.29) is 11.8 Å². The van der Waals surface area contributed by atoms with Gasteiger partial charge in [0.2, 0.25) is 5.91 Å². The lowest BCUT2D eigenvalue weighted by Crippen LogP contribution is -2.13. The molecule has 1 N–H and O–H groups in total. The van der Waals surface area contributed by atoms with Crippen LogP contribution in [-0.2, 0) is 4.79 Å². The third kappa shape index (κ3) is 2.04. The first-order valence-corrected chi connectivity index (χ1v) is 5.63. The van der Waals surface area contributed by atoms with E-state index in [0.29, 0.717) is 21.7 Å². The van der Waals surface area contributed by atoms with E-state index >= 15 is 0 Å². The van der Waals surface area contributed by atoms with E-state index in [0.717, 1.165) is 11.7 Å². The number of carbonyl (C=O) groups excluding carboxylic acids is 1. The quantitative estimate of drug-likeness (QED) is 0.846. The van der Waals surface area contributed by atoms with Crippen LogP contribution in [0.25, 0.3) is 11.0 Å². The Hall–Kier alpha value is -0.910. The van der Waals surface area contributed by atoms with Gasteiger partial charge in [0.25, 0.3) is 0 Å². The van der Waals surface area contributed by atoms with Crippen molar-refractivity contribution in [2.45, 2.75) is 0 Å². The first-order chi connectivity index (χ1) is 7.22. The minimum absolute atomic E-state index is 0.121. The molecule has 1 aromatic heterocycles. The summed E-state index contributed by atoms with van der Waals surface area (Å²) in [5.74, 6) is -0.441. The zero-order valence-electron chi connectivity index (χ0n) is 7.33. The van der Waals surface area contributed by atoms with Crippen LogP contribution in [0.2, 0.25) is 5.02 Å². The Morgan fingerprint density at radius 1 is 1.47 bits per heavy atom. The summed E-state index contributed by atoms with van der Waals surface area (Å²) in [4.78, 5) is 11.2. The molecule has 0 spiro atoms. The maximum atomic E-state index is 11.2. The van der Waals surface area contributed by atoms with Crippen LogP contribution in [0.15, 0.2) is 12.1 Å². The molecule has 0 saturated carbocycles. The maximum Gasteiger partial charge on any atom is 0.239 e. The van der Waals surface area contributed by atoms with Crippen molar-refractivity contribution in [2.24, 2.45) is 0 Å².